The van der Waals surface area contributed by atoms with Gasteiger partial charge < -0.3 is 5.11 Å². The highest BCUT2D eigenvalue weighted by atomic mass is 32.2. The fourth-order valence-electron chi connectivity index (χ4n) is 3.54. The lowest BCUT2D eigenvalue weighted by Crippen LogP contribution is -2.16. The SMILES string of the molecule is Cc1c(CSc2c(F)c(F)c(C(F)(F)F)c(F)c2F)cc(C(=O)O)cc1CSc1c(F)c(F)c(C(F)(F)F)c(F)c1F. The summed E-state index contributed by atoms with van der Waals surface area (Å²) in [6.07, 6.45) is -11.6. The van der Waals surface area contributed by atoms with Crippen LogP contribution in [0.1, 0.15) is 38.2 Å². The fraction of sp³-hybridized carbons (Fsp3) is 0.208. The molecule has 0 aliphatic carbocycles. The maximum atomic E-state index is 14.3. The largest absolute Gasteiger partial charge is 0.478 e. The van der Waals surface area contributed by atoms with Crippen LogP contribution >= 0.6 is 23.5 Å². The van der Waals surface area contributed by atoms with E-state index >= 15 is 0 Å². The highest BCUT2D eigenvalue weighted by Gasteiger charge is 2.43. The molecule has 0 amide bonds. The number of carboxylic acids is 1. The van der Waals surface area contributed by atoms with Crippen molar-refractivity contribution < 1.29 is 71.4 Å². The van der Waals surface area contributed by atoms with Gasteiger partial charge in [0, 0.05) is 11.5 Å². The molecule has 42 heavy (non-hydrogen) atoms. The molecule has 0 fully saturated rings. The van der Waals surface area contributed by atoms with Crippen molar-refractivity contribution in [1.29, 1.82) is 0 Å². The Hall–Kier alpha value is -3.15. The summed E-state index contributed by atoms with van der Waals surface area (Å²) in [5.74, 6) is -23.7. The van der Waals surface area contributed by atoms with Crippen LogP contribution in [0.4, 0.5) is 61.5 Å². The summed E-state index contributed by atoms with van der Waals surface area (Å²) >= 11 is -0.156. The summed E-state index contributed by atoms with van der Waals surface area (Å²) in [4.78, 5) is 8.49. The van der Waals surface area contributed by atoms with Crippen LogP contribution < -0.4 is 0 Å². The van der Waals surface area contributed by atoms with Gasteiger partial charge in [-0.15, -0.1) is 23.5 Å². The minimum absolute atomic E-state index is 0.0256. The van der Waals surface area contributed by atoms with Crippen LogP contribution in [0, 0.1) is 53.5 Å². The minimum atomic E-state index is -5.80. The maximum Gasteiger partial charge on any atom is 0.422 e. The molecule has 0 atom stereocenters. The molecule has 0 aromatic heterocycles. The second-order valence-corrected chi connectivity index (χ2v) is 10.2. The van der Waals surface area contributed by atoms with E-state index in [0.29, 0.717) is 0 Å². The lowest BCUT2D eigenvalue weighted by Gasteiger charge is -2.16. The molecule has 228 valence electrons. The second kappa shape index (κ2) is 11.9. The standard InChI is InChI=1S/C24H10F14O2S2/c1-6-8(4-41-20-16(29)12(25)10(23(33,34)35)13(26)17(20)30)2-7(22(39)40)3-9(6)5-42-21-18(31)14(27)11(24(36,37)38)15(28)19(21)32/h2-3H,4-5H2,1H3,(H,39,40). The first-order valence-electron chi connectivity index (χ1n) is 10.7. The Morgan fingerprint density at radius 3 is 1.14 bits per heavy atom. The number of thioether (sulfide) groups is 2. The van der Waals surface area contributed by atoms with Crippen molar-refractivity contribution in [2.24, 2.45) is 0 Å². The van der Waals surface area contributed by atoms with Gasteiger partial charge in [0.1, 0.15) is 11.1 Å². The van der Waals surface area contributed by atoms with Gasteiger partial charge in [0.15, 0.2) is 46.5 Å². The van der Waals surface area contributed by atoms with E-state index < -0.39 is 103 Å². The van der Waals surface area contributed by atoms with Gasteiger partial charge in [0.25, 0.3) is 0 Å². The fourth-order valence-corrected chi connectivity index (χ4v) is 5.60. The summed E-state index contributed by atoms with van der Waals surface area (Å²) < 4.78 is 190. The number of hydrogen-bond acceptors (Lipinski definition) is 3. The third-order valence-corrected chi connectivity index (χ3v) is 7.83. The highest BCUT2D eigenvalue weighted by Crippen LogP contribution is 2.42. The van der Waals surface area contributed by atoms with Gasteiger partial charge in [0.2, 0.25) is 0 Å². The topological polar surface area (TPSA) is 37.3 Å². The van der Waals surface area contributed by atoms with E-state index in [2.05, 4.69) is 0 Å². The zero-order valence-electron chi connectivity index (χ0n) is 20.0. The van der Waals surface area contributed by atoms with Gasteiger partial charge in [-0.1, -0.05) is 0 Å². The number of hydrogen-bond donors (Lipinski definition) is 1. The average molecular weight is 660 g/mol. The Bertz CT molecular complexity index is 1420. The molecule has 3 aromatic carbocycles. The number of halogens is 14. The van der Waals surface area contributed by atoms with Crippen LogP contribution in [0.25, 0.3) is 0 Å². The minimum Gasteiger partial charge on any atom is -0.478 e. The summed E-state index contributed by atoms with van der Waals surface area (Å²) in [5.41, 5.74) is -6.62. The number of benzene rings is 3. The van der Waals surface area contributed by atoms with E-state index in [-0.39, 0.29) is 40.2 Å². The molecule has 3 aromatic rings. The first kappa shape index (κ1) is 33.4. The van der Waals surface area contributed by atoms with Gasteiger partial charge in [-0.25, -0.2) is 39.9 Å². The Kier molecular flexibility index (Phi) is 9.41. The summed E-state index contributed by atoms with van der Waals surface area (Å²) in [7, 11) is 0. The van der Waals surface area contributed by atoms with Crippen molar-refractivity contribution in [1.82, 2.24) is 0 Å². The van der Waals surface area contributed by atoms with Crippen molar-refractivity contribution in [3.05, 3.63) is 92.1 Å². The summed E-state index contributed by atoms with van der Waals surface area (Å²) in [6.45, 7) is 1.19. The molecule has 2 nitrogen and oxygen atoms in total. The molecular formula is C24H10F14O2S2. The summed E-state index contributed by atoms with van der Waals surface area (Å²) in [5, 5.41) is 9.37. The lowest BCUT2D eigenvalue weighted by molar-refractivity contribution is -0.144. The van der Waals surface area contributed by atoms with Crippen molar-refractivity contribution in [2.45, 2.75) is 40.6 Å². The van der Waals surface area contributed by atoms with E-state index in [1.54, 1.807) is 0 Å². The Balaban J connectivity index is 2.01. The zero-order chi connectivity index (χ0) is 32.1. The summed E-state index contributed by atoms with van der Waals surface area (Å²) in [6, 6.07) is 1.76. The number of carboxylic acid groups (broad SMARTS) is 1. The second-order valence-electron chi connectivity index (χ2n) is 8.22. The molecule has 0 unspecified atom stereocenters. The van der Waals surface area contributed by atoms with E-state index in [1.165, 1.54) is 6.92 Å². The molecule has 0 radical (unpaired) electrons. The smallest absolute Gasteiger partial charge is 0.422 e. The van der Waals surface area contributed by atoms with Crippen molar-refractivity contribution in [2.75, 3.05) is 0 Å². The van der Waals surface area contributed by atoms with Gasteiger partial charge in [0.05, 0.1) is 15.4 Å². The third-order valence-electron chi connectivity index (χ3n) is 5.63. The number of carbonyl (C=O) groups is 1. The van der Waals surface area contributed by atoms with Crippen molar-refractivity contribution in [3.8, 4) is 0 Å². The Morgan fingerprint density at radius 1 is 0.619 bits per heavy atom. The predicted octanol–water partition coefficient (Wildman–Crippen LogP) is 9.43. The van der Waals surface area contributed by atoms with Crippen LogP contribution in [-0.4, -0.2) is 11.1 Å². The zero-order valence-corrected chi connectivity index (χ0v) is 21.7. The normalized spacial score (nSPS) is 12.3. The third kappa shape index (κ3) is 6.28. The van der Waals surface area contributed by atoms with Crippen LogP contribution in [0.2, 0.25) is 0 Å². The molecule has 0 heterocycles. The van der Waals surface area contributed by atoms with E-state index in [0.717, 1.165) is 12.1 Å². The number of rotatable bonds is 7. The molecule has 0 aliphatic heterocycles. The first-order chi connectivity index (χ1) is 19.2. The molecule has 0 saturated heterocycles. The molecule has 0 saturated carbocycles. The number of aromatic carboxylic acids is 1. The van der Waals surface area contributed by atoms with Crippen LogP contribution in [0.5, 0.6) is 0 Å². The van der Waals surface area contributed by atoms with E-state index in [4.69, 9.17) is 0 Å². The highest BCUT2D eigenvalue weighted by molar-refractivity contribution is 7.98. The molecule has 0 bridgehead atoms. The number of alkyl halides is 6. The molecule has 18 heteroatoms. The van der Waals surface area contributed by atoms with Gasteiger partial charge >= 0.3 is 18.3 Å². The lowest BCUT2D eigenvalue weighted by atomic mass is 10.0. The predicted molar refractivity (Wildman–Crippen MR) is 120 cm³/mol. The van der Waals surface area contributed by atoms with Gasteiger partial charge in [-0.3, -0.25) is 0 Å². The maximum absolute atomic E-state index is 14.3. The van der Waals surface area contributed by atoms with Gasteiger partial charge in [-0.2, -0.15) is 26.3 Å². The molecule has 3 rings (SSSR count). The average Bonchev–Trinajstić information content (AvgIpc) is 2.86. The first-order valence-corrected chi connectivity index (χ1v) is 12.6. The van der Waals surface area contributed by atoms with Gasteiger partial charge in [-0.05, 0) is 35.7 Å². The van der Waals surface area contributed by atoms with Crippen molar-refractivity contribution >= 4 is 29.5 Å². The Morgan fingerprint density at radius 2 is 0.905 bits per heavy atom. The Labute approximate surface area is 233 Å². The molecule has 0 aliphatic rings. The quantitative estimate of drug-likeness (QED) is 0.156. The van der Waals surface area contributed by atoms with Crippen LogP contribution in [0.3, 0.4) is 0 Å². The van der Waals surface area contributed by atoms with E-state index in [9.17, 15) is 71.4 Å². The molecular weight excluding hydrogens is 650 g/mol. The van der Waals surface area contributed by atoms with Crippen LogP contribution in [0.15, 0.2) is 21.9 Å². The molecule has 0 spiro atoms. The van der Waals surface area contributed by atoms with Crippen LogP contribution in [-0.2, 0) is 23.9 Å². The van der Waals surface area contributed by atoms with E-state index in [1.807, 2.05) is 0 Å². The monoisotopic (exact) mass is 660 g/mol. The molecule has 1 N–H and O–H groups in total. The van der Waals surface area contributed by atoms with Crippen molar-refractivity contribution in [3.63, 3.8) is 0 Å².